The summed E-state index contributed by atoms with van der Waals surface area (Å²) in [5.41, 5.74) is 3.54. The lowest BCUT2D eigenvalue weighted by molar-refractivity contribution is -0.141. The highest BCUT2D eigenvalue weighted by Crippen LogP contribution is 2.28. The summed E-state index contributed by atoms with van der Waals surface area (Å²) in [6.45, 7) is 0.631. The second-order valence-electron chi connectivity index (χ2n) is 7.03. The van der Waals surface area contributed by atoms with Crippen molar-refractivity contribution in [3.8, 4) is 0 Å². The van der Waals surface area contributed by atoms with E-state index in [1.165, 1.54) is 22.5 Å². The molecule has 1 fully saturated rings. The number of aliphatic carboxylic acids is 1. The fraction of sp³-hybridized carbons (Fsp3) is 0.350. The maximum Gasteiger partial charge on any atom is 0.308 e. The number of likely N-dealkylation sites (tertiary alicyclic amines) is 1. The van der Waals surface area contributed by atoms with E-state index in [0.717, 1.165) is 19.3 Å². The Bertz CT molecular complexity index is 920. The van der Waals surface area contributed by atoms with E-state index in [1.807, 2.05) is 18.2 Å². The largest absolute Gasteiger partial charge is 0.481 e. The van der Waals surface area contributed by atoms with Gasteiger partial charge in [0.1, 0.15) is 5.00 Å². The van der Waals surface area contributed by atoms with E-state index in [1.54, 1.807) is 16.3 Å². The topological polar surface area (TPSA) is 86.7 Å². The lowest BCUT2D eigenvalue weighted by Gasteiger charge is -2.16. The van der Waals surface area contributed by atoms with Gasteiger partial charge in [-0.2, -0.15) is 0 Å². The van der Waals surface area contributed by atoms with Crippen LogP contribution >= 0.6 is 11.3 Å². The third-order valence-corrected chi connectivity index (χ3v) is 6.14. The SMILES string of the molecule is O=C(Nc1sccc1C(=O)N1CCC(C(=O)O)C1)c1ccc2c(c1)CCC2. The van der Waals surface area contributed by atoms with Gasteiger partial charge in [-0.1, -0.05) is 6.07 Å². The van der Waals surface area contributed by atoms with Crippen LogP contribution in [0.3, 0.4) is 0 Å². The van der Waals surface area contributed by atoms with Gasteiger partial charge < -0.3 is 15.3 Å². The molecule has 0 radical (unpaired) electrons. The summed E-state index contributed by atoms with van der Waals surface area (Å²) in [4.78, 5) is 38.1. The van der Waals surface area contributed by atoms with Crippen molar-refractivity contribution in [2.45, 2.75) is 25.7 Å². The first-order valence-corrected chi connectivity index (χ1v) is 9.93. The van der Waals surface area contributed by atoms with Crippen LogP contribution in [-0.4, -0.2) is 40.9 Å². The number of carbonyl (C=O) groups excluding carboxylic acids is 2. The minimum atomic E-state index is -0.874. The summed E-state index contributed by atoms with van der Waals surface area (Å²) < 4.78 is 0. The van der Waals surface area contributed by atoms with Crippen LogP contribution in [0.25, 0.3) is 0 Å². The van der Waals surface area contributed by atoms with Gasteiger partial charge in [0.2, 0.25) is 0 Å². The number of thiophene rings is 1. The third-order valence-electron chi connectivity index (χ3n) is 5.31. The lowest BCUT2D eigenvalue weighted by Crippen LogP contribution is -2.30. The number of anilines is 1. The van der Waals surface area contributed by atoms with Gasteiger partial charge in [0.25, 0.3) is 11.8 Å². The molecule has 1 unspecified atom stereocenters. The second-order valence-corrected chi connectivity index (χ2v) is 7.95. The number of nitrogens with zero attached hydrogens (tertiary/aromatic N) is 1. The van der Waals surface area contributed by atoms with E-state index >= 15 is 0 Å². The number of rotatable bonds is 4. The van der Waals surface area contributed by atoms with Crippen LogP contribution in [-0.2, 0) is 17.6 Å². The molecule has 1 saturated heterocycles. The summed E-state index contributed by atoms with van der Waals surface area (Å²) in [5, 5.41) is 14.2. The maximum atomic E-state index is 12.8. The number of benzene rings is 1. The molecule has 0 saturated carbocycles. The summed E-state index contributed by atoms with van der Waals surface area (Å²) in [5.74, 6) is -1.85. The predicted molar refractivity (Wildman–Crippen MR) is 102 cm³/mol. The van der Waals surface area contributed by atoms with Crippen molar-refractivity contribution in [3.05, 3.63) is 51.9 Å². The average molecular weight is 384 g/mol. The molecule has 4 rings (SSSR count). The maximum absolute atomic E-state index is 12.8. The van der Waals surface area contributed by atoms with E-state index in [-0.39, 0.29) is 18.4 Å². The first kappa shape index (κ1) is 17.7. The molecule has 0 spiro atoms. The van der Waals surface area contributed by atoms with E-state index in [9.17, 15) is 14.4 Å². The van der Waals surface area contributed by atoms with Gasteiger partial charge in [-0.25, -0.2) is 0 Å². The average Bonchev–Trinajstić information content (AvgIpc) is 3.40. The Morgan fingerprint density at radius 1 is 1.15 bits per heavy atom. The van der Waals surface area contributed by atoms with Crippen molar-refractivity contribution >= 4 is 34.1 Å². The first-order valence-electron chi connectivity index (χ1n) is 9.05. The molecule has 0 bridgehead atoms. The summed E-state index contributed by atoms with van der Waals surface area (Å²) in [6.07, 6.45) is 3.64. The van der Waals surface area contributed by atoms with E-state index < -0.39 is 11.9 Å². The highest BCUT2D eigenvalue weighted by atomic mass is 32.1. The summed E-state index contributed by atoms with van der Waals surface area (Å²) in [7, 11) is 0. The van der Waals surface area contributed by atoms with E-state index in [2.05, 4.69) is 5.32 Å². The Morgan fingerprint density at radius 2 is 1.96 bits per heavy atom. The van der Waals surface area contributed by atoms with Crippen molar-refractivity contribution in [2.75, 3.05) is 18.4 Å². The zero-order valence-corrected chi connectivity index (χ0v) is 15.6. The van der Waals surface area contributed by atoms with Crippen LogP contribution < -0.4 is 5.32 Å². The number of carboxylic acid groups (broad SMARTS) is 1. The zero-order chi connectivity index (χ0) is 19.0. The summed E-state index contributed by atoms with van der Waals surface area (Å²) >= 11 is 1.30. The molecule has 1 aromatic heterocycles. The van der Waals surface area contributed by atoms with Crippen LogP contribution in [0.1, 0.15) is 44.7 Å². The molecule has 2 amide bonds. The quantitative estimate of drug-likeness (QED) is 0.848. The highest BCUT2D eigenvalue weighted by molar-refractivity contribution is 7.14. The molecule has 140 valence electrons. The number of carboxylic acids is 1. The van der Waals surface area contributed by atoms with Gasteiger partial charge in [0.15, 0.2) is 0 Å². The third kappa shape index (κ3) is 3.47. The second kappa shape index (κ2) is 7.15. The van der Waals surface area contributed by atoms with Crippen molar-refractivity contribution in [1.29, 1.82) is 0 Å². The number of carbonyl (C=O) groups is 3. The number of nitrogens with one attached hydrogen (secondary N) is 1. The molecule has 1 atom stereocenters. The molecule has 2 heterocycles. The number of hydrogen-bond acceptors (Lipinski definition) is 4. The first-order chi connectivity index (χ1) is 13.0. The number of aryl methyl sites for hydroxylation is 2. The van der Waals surface area contributed by atoms with Crippen molar-refractivity contribution in [1.82, 2.24) is 4.90 Å². The Labute approximate surface area is 160 Å². The summed E-state index contributed by atoms with van der Waals surface area (Å²) in [6, 6.07) is 7.45. The molecule has 1 aliphatic carbocycles. The standard InChI is InChI=1S/C20H20N2O4S/c23-17(14-5-4-12-2-1-3-13(12)10-14)21-18-16(7-9-27-18)19(24)22-8-6-15(11-22)20(25)26/h4-5,7,9-10,15H,1-3,6,8,11H2,(H,21,23)(H,25,26). The molecule has 7 heteroatoms. The van der Waals surface area contributed by atoms with Crippen LogP contribution in [0.5, 0.6) is 0 Å². The predicted octanol–water partition coefficient (Wildman–Crippen LogP) is 3.04. The Kier molecular flexibility index (Phi) is 4.70. The molecular weight excluding hydrogens is 364 g/mol. The molecule has 2 aromatic rings. The molecule has 27 heavy (non-hydrogen) atoms. The minimum Gasteiger partial charge on any atom is -0.481 e. The Morgan fingerprint density at radius 3 is 2.74 bits per heavy atom. The Balaban J connectivity index is 1.48. The van der Waals surface area contributed by atoms with E-state index in [4.69, 9.17) is 5.11 Å². The van der Waals surface area contributed by atoms with Gasteiger partial charge in [0, 0.05) is 18.7 Å². The molecule has 1 aliphatic heterocycles. The van der Waals surface area contributed by atoms with Gasteiger partial charge in [0.05, 0.1) is 11.5 Å². The fourth-order valence-corrected chi connectivity index (χ4v) is 4.55. The molecule has 6 nitrogen and oxygen atoms in total. The van der Waals surface area contributed by atoms with Crippen molar-refractivity contribution < 1.29 is 19.5 Å². The van der Waals surface area contributed by atoms with Crippen molar-refractivity contribution in [2.24, 2.45) is 5.92 Å². The van der Waals surface area contributed by atoms with Crippen molar-refractivity contribution in [3.63, 3.8) is 0 Å². The minimum absolute atomic E-state index is 0.211. The van der Waals surface area contributed by atoms with Crippen LogP contribution in [0, 0.1) is 5.92 Å². The van der Waals surface area contributed by atoms with Crippen LogP contribution in [0.2, 0.25) is 0 Å². The monoisotopic (exact) mass is 384 g/mol. The number of fused-ring (bicyclic) bond motifs is 1. The van der Waals surface area contributed by atoms with Gasteiger partial charge >= 0.3 is 5.97 Å². The van der Waals surface area contributed by atoms with E-state index in [0.29, 0.717) is 29.1 Å². The van der Waals surface area contributed by atoms with Gasteiger partial charge in [-0.3, -0.25) is 14.4 Å². The van der Waals surface area contributed by atoms with Gasteiger partial charge in [-0.05, 0) is 60.4 Å². The normalized spacial score (nSPS) is 18.4. The molecule has 2 aliphatic rings. The van der Waals surface area contributed by atoms with Crippen LogP contribution in [0.15, 0.2) is 29.6 Å². The lowest BCUT2D eigenvalue weighted by atomic mass is 10.1. The smallest absolute Gasteiger partial charge is 0.308 e. The zero-order valence-electron chi connectivity index (χ0n) is 14.7. The number of amides is 2. The number of hydrogen-bond donors (Lipinski definition) is 2. The van der Waals surface area contributed by atoms with Gasteiger partial charge in [-0.15, -0.1) is 11.3 Å². The Hall–Kier alpha value is -2.67. The van der Waals surface area contributed by atoms with Crippen LogP contribution in [0.4, 0.5) is 5.00 Å². The molecule has 2 N–H and O–H groups in total. The molecule has 1 aromatic carbocycles. The highest BCUT2D eigenvalue weighted by Gasteiger charge is 2.32. The molecular formula is C20H20N2O4S. The fourth-order valence-electron chi connectivity index (χ4n) is 3.78.